The van der Waals surface area contributed by atoms with Gasteiger partial charge in [-0.2, -0.15) is 0 Å². The number of hydrogen-bond acceptors (Lipinski definition) is 5. The summed E-state index contributed by atoms with van der Waals surface area (Å²) in [5.41, 5.74) is 1.43. The van der Waals surface area contributed by atoms with Gasteiger partial charge in [-0.05, 0) is 91.8 Å². The largest absolute Gasteiger partial charge is 0.447 e. The summed E-state index contributed by atoms with van der Waals surface area (Å²) in [6.07, 6.45) is 0.667. The quantitative estimate of drug-likeness (QED) is 0.347. The van der Waals surface area contributed by atoms with Crippen LogP contribution in [0, 0.1) is 15.4 Å². The van der Waals surface area contributed by atoms with E-state index in [1.54, 1.807) is 4.90 Å². The van der Waals surface area contributed by atoms with Gasteiger partial charge in [-0.15, -0.1) is 0 Å². The standard InChI is InChI=1S/C28H32BrIN2O5/c1-28(2,3)37-26(34)31-12-11-20(16-31)23(14-19-9-10-21(30)15-24(19)29)25(33)32-22(17-36-27(32)35)13-18-7-5-4-6-8-18/h4-10,15,20,22-23H,11-14,16-17H2,1-3H3/t20-,22-,23-/m0/s1. The van der Waals surface area contributed by atoms with Crippen molar-refractivity contribution in [3.63, 3.8) is 0 Å². The average Bonchev–Trinajstić information content (AvgIpc) is 3.45. The summed E-state index contributed by atoms with van der Waals surface area (Å²) in [7, 11) is 0. The normalized spacial score (nSPS) is 20.6. The van der Waals surface area contributed by atoms with Gasteiger partial charge >= 0.3 is 12.2 Å². The number of nitrogens with zero attached hydrogens (tertiary/aromatic N) is 2. The summed E-state index contributed by atoms with van der Waals surface area (Å²) in [5.74, 6) is -0.852. The molecule has 2 fully saturated rings. The molecule has 0 N–H and O–H groups in total. The zero-order chi connectivity index (χ0) is 26.7. The Morgan fingerprint density at radius 1 is 1.19 bits per heavy atom. The lowest BCUT2D eigenvalue weighted by Crippen LogP contribution is -2.46. The van der Waals surface area contributed by atoms with Gasteiger partial charge in [-0.3, -0.25) is 4.79 Å². The fourth-order valence-corrected chi connectivity index (χ4v) is 6.39. The number of amides is 3. The van der Waals surface area contributed by atoms with E-state index < -0.39 is 17.6 Å². The van der Waals surface area contributed by atoms with Crippen molar-refractivity contribution in [2.75, 3.05) is 19.7 Å². The zero-order valence-electron chi connectivity index (χ0n) is 21.3. The Kier molecular flexibility index (Phi) is 8.83. The van der Waals surface area contributed by atoms with Crippen LogP contribution in [-0.2, 0) is 27.1 Å². The fraction of sp³-hybridized carbons (Fsp3) is 0.464. The summed E-state index contributed by atoms with van der Waals surface area (Å²) in [6, 6.07) is 15.5. The van der Waals surface area contributed by atoms with Crippen LogP contribution in [0.2, 0.25) is 0 Å². The highest BCUT2D eigenvalue weighted by Crippen LogP contribution is 2.34. The Labute approximate surface area is 240 Å². The zero-order valence-corrected chi connectivity index (χ0v) is 25.0. The van der Waals surface area contributed by atoms with Gasteiger partial charge in [-0.1, -0.05) is 52.3 Å². The minimum absolute atomic E-state index is 0.114. The predicted octanol–water partition coefficient (Wildman–Crippen LogP) is 6.06. The second-order valence-corrected chi connectivity index (χ2v) is 12.8. The van der Waals surface area contributed by atoms with E-state index in [9.17, 15) is 14.4 Å². The number of cyclic esters (lactones) is 1. The Balaban J connectivity index is 1.59. The van der Waals surface area contributed by atoms with Crippen molar-refractivity contribution in [2.45, 2.75) is 51.7 Å². The Hall–Kier alpha value is -2.14. The van der Waals surface area contributed by atoms with Crippen molar-refractivity contribution < 1.29 is 23.9 Å². The highest BCUT2D eigenvalue weighted by atomic mass is 127. The Morgan fingerprint density at radius 2 is 1.92 bits per heavy atom. The van der Waals surface area contributed by atoms with E-state index in [-0.39, 0.29) is 30.6 Å². The van der Waals surface area contributed by atoms with E-state index >= 15 is 0 Å². The van der Waals surface area contributed by atoms with Crippen molar-refractivity contribution in [3.8, 4) is 0 Å². The molecule has 0 aromatic heterocycles. The van der Waals surface area contributed by atoms with Crippen LogP contribution in [0.15, 0.2) is 53.0 Å². The van der Waals surface area contributed by atoms with Crippen LogP contribution < -0.4 is 0 Å². The lowest BCUT2D eigenvalue weighted by molar-refractivity contribution is -0.135. The van der Waals surface area contributed by atoms with Crippen molar-refractivity contribution in [2.24, 2.45) is 11.8 Å². The van der Waals surface area contributed by atoms with Crippen molar-refractivity contribution >= 4 is 56.6 Å². The first-order valence-corrected chi connectivity index (χ1v) is 14.3. The molecule has 2 saturated heterocycles. The Bertz CT molecular complexity index is 1150. The molecule has 0 saturated carbocycles. The summed E-state index contributed by atoms with van der Waals surface area (Å²) >= 11 is 5.90. The highest BCUT2D eigenvalue weighted by molar-refractivity contribution is 14.1. The third-order valence-corrected chi connectivity index (χ3v) is 8.14. The molecule has 198 valence electrons. The first-order chi connectivity index (χ1) is 17.5. The van der Waals surface area contributed by atoms with Gasteiger partial charge in [-0.25, -0.2) is 14.5 Å². The van der Waals surface area contributed by atoms with Gasteiger partial charge in [0, 0.05) is 27.1 Å². The molecule has 2 aromatic rings. The topological polar surface area (TPSA) is 76.2 Å². The Morgan fingerprint density at radius 3 is 2.59 bits per heavy atom. The van der Waals surface area contributed by atoms with Crippen LogP contribution in [-0.4, -0.2) is 59.2 Å². The highest BCUT2D eigenvalue weighted by Gasteiger charge is 2.45. The van der Waals surface area contributed by atoms with Crippen LogP contribution >= 0.6 is 38.5 Å². The maximum atomic E-state index is 14.1. The first kappa shape index (κ1) is 27.9. The molecular weight excluding hydrogens is 651 g/mol. The lowest BCUT2D eigenvalue weighted by Gasteiger charge is -2.29. The van der Waals surface area contributed by atoms with E-state index in [0.717, 1.165) is 19.2 Å². The molecule has 2 aliphatic rings. The van der Waals surface area contributed by atoms with Gasteiger partial charge in [0.1, 0.15) is 12.2 Å². The second kappa shape index (κ2) is 11.7. The summed E-state index contributed by atoms with van der Waals surface area (Å²) in [6.45, 7) is 6.60. The number of ether oxygens (including phenoxy) is 2. The third kappa shape index (κ3) is 7.04. The summed E-state index contributed by atoms with van der Waals surface area (Å²) in [5, 5.41) is 0. The molecule has 2 aliphatic heterocycles. The molecule has 0 aliphatic carbocycles. The van der Waals surface area contributed by atoms with Crippen molar-refractivity contribution in [3.05, 3.63) is 67.7 Å². The molecule has 7 nitrogen and oxygen atoms in total. The van der Waals surface area contributed by atoms with Crippen molar-refractivity contribution in [1.82, 2.24) is 9.80 Å². The van der Waals surface area contributed by atoms with E-state index in [1.165, 1.54) is 4.90 Å². The monoisotopic (exact) mass is 682 g/mol. The third-order valence-electron chi connectivity index (χ3n) is 6.73. The summed E-state index contributed by atoms with van der Waals surface area (Å²) in [4.78, 5) is 42.6. The lowest BCUT2D eigenvalue weighted by atomic mass is 9.84. The van der Waals surface area contributed by atoms with Gasteiger partial charge < -0.3 is 14.4 Å². The number of hydrogen-bond donors (Lipinski definition) is 0. The van der Waals surface area contributed by atoms with E-state index in [0.29, 0.717) is 32.4 Å². The van der Waals surface area contributed by atoms with Crippen LogP contribution in [0.25, 0.3) is 0 Å². The van der Waals surface area contributed by atoms with Crippen LogP contribution in [0.5, 0.6) is 0 Å². The van der Waals surface area contributed by atoms with Crippen LogP contribution in [0.1, 0.15) is 38.3 Å². The minimum atomic E-state index is -0.598. The maximum Gasteiger partial charge on any atom is 0.416 e. The molecular formula is C28H32BrIN2O5. The number of carbonyl (C=O) groups excluding carboxylic acids is 3. The molecule has 0 radical (unpaired) electrons. The van der Waals surface area contributed by atoms with Gasteiger partial charge in [0.15, 0.2) is 0 Å². The number of likely N-dealkylation sites (tertiary alicyclic amines) is 1. The first-order valence-electron chi connectivity index (χ1n) is 12.5. The molecule has 9 heteroatoms. The number of halogens is 2. The van der Waals surface area contributed by atoms with Crippen LogP contribution in [0.3, 0.4) is 0 Å². The molecule has 2 aromatic carbocycles. The number of benzene rings is 2. The van der Waals surface area contributed by atoms with E-state index in [1.807, 2.05) is 69.3 Å². The average molecular weight is 683 g/mol. The second-order valence-electron chi connectivity index (χ2n) is 10.7. The molecule has 37 heavy (non-hydrogen) atoms. The van der Waals surface area contributed by atoms with Gasteiger partial charge in [0.2, 0.25) is 5.91 Å². The molecule has 2 heterocycles. The van der Waals surface area contributed by atoms with E-state index in [2.05, 4.69) is 38.5 Å². The molecule has 3 amide bonds. The van der Waals surface area contributed by atoms with Gasteiger partial charge in [0.05, 0.1) is 6.04 Å². The number of rotatable bonds is 6. The SMILES string of the molecule is CC(C)(C)OC(=O)N1CC[C@H]([C@H](Cc2ccc(I)cc2Br)C(=O)N2C(=O)OC[C@@H]2Cc2ccccc2)C1. The molecule has 4 rings (SSSR count). The van der Waals surface area contributed by atoms with E-state index in [4.69, 9.17) is 9.47 Å². The molecule has 0 bridgehead atoms. The fourth-order valence-electron chi connectivity index (χ4n) is 4.93. The molecule has 3 atom stereocenters. The molecule has 0 spiro atoms. The van der Waals surface area contributed by atoms with Gasteiger partial charge in [0.25, 0.3) is 0 Å². The molecule has 0 unspecified atom stereocenters. The minimum Gasteiger partial charge on any atom is -0.447 e. The number of carbonyl (C=O) groups is 3. The predicted molar refractivity (Wildman–Crippen MR) is 152 cm³/mol. The van der Waals surface area contributed by atoms with Crippen molar-refractivity contribution in [1.29, 1.82) is 0 Å². The summed E-state index contributed by atoms with van der Waals surface area (Å²) < 4.78 is 12.9. The maximum absolute atomic E-state index is 14.1. The van der Waals surface area contributed by atoms with Crippen LogP contribution in [0.4, 0.5) is 9.59 Å². The smallest absolute Gasteiger partial charge is 0.416 e. The number of imide groups is 1.